The Morgan fingerprint density at radius 3 is 2.34 bits per heavy atom. The second-order valence-electron chi connectivity index (χ2n) is 8.05. The fraction of sp³-hybridized carbons (Fsp3) is 0.280. The molecule has 1 aliphatic rings. The maximum absolute atomic E-state index is 12.7. The quantitative estimate of drug-likeness (QED) is 0.597. The van der Waals surface area contributed by atoms with Crippen molar-refractivity contribution in [1.29, 1.82) is 0 Å². The van der Waals surface area contributed by atoms with E-state index in [0.29, 0.717) is 18.8 Å². The lowest BCUT2D eigenvalue weighted by atomic mass is 10.1. The fourth-order valence-electron chi connectivity index (χ4n) is 3.89. The normalized spacial score (nSPS) is 15.6. The number of aromatic nitrogens is 2. The smallest absolute Gasteiger partial charge is 0.229 e. The van der Waals surface area contributed by atoms with Crippen molar-refractivity contribution < 1.29 is 9.59 Å². The van der Waals surface area contributed by atoms with Crippen molar-refractivity contribution in [2.75, 3.05) is 28.6 Å². The van der Waals surface area contributed by atoms with Gasteiger partial charge in [-0.25, -0.2) is 9.97 Å². The molecular weight excluding hydrogens is 402 g/mol. The molecule has 0 aliphatic carbocycles. The van der Waals surface area contributed by atoms with Gasteiger partial charge in [-0.05, 0) is 56.3 Å². The van der Waals surface area contributed by atoms with Crippen LogP contribution in [0, 0.1) is 19.8 Å². The first-order valence-corrected chi connectivity index (χ1v) is 10.8. The number of para-hydroxylation sites is 1. The summed E-state index contributed by atoms with van der Waals surface area (Å²) in [5.74, 6) is 0.306. The summed E-state index contributed by atoms with van der Waals surface area (Å²) in [7, 11) is 0. The highest BCUT2D eigenvalue weighted by Gasteiger charge is 2.35. The van der Waals surface area contributed by atoms with Crippen molar-refractivity contribution in [3.8, 4) is 0 Å². The number of amides is 2. The molecule has 1 saturated heterocycles. The van der Waals surface area contributed by atoms with Gasteiger partial charge in [0.15, 0.2) is 0 Å². The van der Waals surface area contributed by atoms with Crippen molar-refractivity contribution in [2.24, 2.45) is 5.92 Å². The van der Waals surface area contributed by atoms with Gasteiger partial charge >= 0.3 is 0 Å². The van der Waals surface area contributed by atoms with Gasteiger partial charge in [0.25, 0.3) is 0 Å². The van der Waals surface area contributed by atoms with Crippen LogP contribution < -0.4 is 15.5 Å². The summed E-state index contributed by atoms with van der Waals surface area (Å²) in [5, 5.41) is 6.29. The minimum atomic E-state index is -0.363. The van der Waals surface area contributed by atoms with Crippen molar-refractivity contribution in [2.45, 2.75) is 26.7 Å². The molecule has 1 aromatic heterocycles. The van der Waals surface area contributed by atoms with Gasteiger partial charge < -0.3 is 15.5 Å². The van der Waals surface area contributed by atoms with E-state index in [4.69, 9.17) is 0 Å². The Labute approximate surface area is 187 Å². The molecule has 1 unspecified atom stereocenters. The molecule has 2 amide bonds. The van der Waals surface area contributed by atoms with Gasteiger partial charge in [-0.1, -0.05) is 18.2 Å². The second kappa shape index (κ2) is 9.60. The van der Waals surface area contributed by atoms with E-state index >= 15 is 0 Å². The monoisotopic (exact) mass is 429 g/mol. The lowest BCUT2D eigenvalue weighted by Crippen LogP contribution is -2.28. The first-order chi connectivity index (χ1) is 15.5. The Hall–Kier alpha value is -3.74. The molecule has 0 spiro atoms. The van der Waals surface area contributed by atoms with E-state index in [2.05, 4.69) is 20.6 Å². The van der Waals surface area contributed by atoms with Gasteiger partial charge in [0, 0.05) is 54.4 Å². The van der Waals surface area contributed by atoms with Gasteiger partial charge in [0.2, 0.25) is 11.8 Å². The highest BCUT2D eigenvalue weighted by molar-refractivity contribution is 6.03. The molecule has 1 aliphatic heterocycles. The number of benzene rings is 2. The molecule has 2 aromatic carbocycles. The Bertz CT molecular complexity index is 1080. The van der Waals surface area contributed by atoms with Crippen molar-refractivity contribution >= 4 is 28.9 Å². The number of rotatable bonds is 7. The molecule has 7 nitrogen and oxygen atoms in total. The molecular formula is C25H27N5O2. The zero-order valence-corrected chi connectivity index (χ0v) is 18.3. The first-order valence-electron chi connectivity index (χ1n) is 10.8. The summed E-state index contributed by atoms with van der Waals surface area (Å²) in [6.07, 6.45) is 0.954. The molecule has 1 atom stereocenters. The van der Waals surface area contributed by atoms with Gasteiger partial charge in [0.05, 0.1) is 5.92 Å². The van der Waals surface area contributed by atoms with Crippen LogP contribution in [0.15, 0.2) is 60.7 Å². The van der Waals surface area contributed by atoms with Crippen LogP contribution in [-0.2, 0) is 16.0 Å². The van der Waals surface area contributed by atoms with E-state index in [1.807, 2.05) is 74.5 Å². The number of carbonyl (C=O) groups excluding carboxylic acids is 2. The number of nitrogens with zero attached hydrogens (tertiary/aromatic N) is 3. The molecule has 0 radical (unpaired) electrons. The predicted octanol–water partition coefficient (Wildman–Crippen LogP) is 3.74. The van der Waals surface area contributed by atoms with Crippen LogP contribution in [0.1, 0.15) is 23.6 Å². The molecule has 164 valence electrons. The van der Waals surface area contributed by atoms with Crippen LogP contribution in [0.25, 0.3) is 0 Å². The van der Waals surface area contributed by atoms with Crippen molar-refractivity contribution in [3.63, 3.8) is 0 Å². The third-order valence-electron chi connectivity index (χ3n) is 5.42. The molecule has 1 fully saturated rings. The molecule has 0 bridgehead atoms. The lowest BCUT2D eigenvalue weighted by molar-refractivity contribution is -0.122. The van der Waals surface area contributed by atoms with E-state index in [1.165, 1.54) is 0 Å². The molecule has 4 rings (SSSR count). The highest BCUT2D eigenvalue weighted by Crippen LogP contribution is 2.26. The number of anilines is 3. The van der Waals surface area contributed by atoms with E-state index < -0.39 is 0 Å². The Kier molecular flexibility index (Phi) is 6.44. The Morgan fingerprint density at radius 2 is 1.66 bits per heavy atom. The molecule has 32 heavy (non-hydrogen) atoms. The van der Waals surface area contributed by atoms with Crippen LogP contribution in [0.4, 0.5) is 17.1 Å². The summed E-state index contributed by atoms with van der Waals surface area (Å²) < 4.78 is 0. The van der Waals surface area contributed by atoms with Crippen LogP contribution in [0.2, 0.25) is 0 Å². The molecule has 7 heteroatoms. The minimum Gasteiger partial charge on any atom is -0.385 e. The largest absolute Gasteiger partial charge is 0.385 e. The summed E-state index contributed by atoms with van der Waals surface area (Å²) in [6.45, 7) is 5.06. The number of hydrogen-bond acceptors (Lipinski definition) is 5. The molecule has 0 saturated carbocycles. The van der Waals surface area contributed by atoms with Gasteiger partial charge in [-0.2, -0.15) is 0 Å². The predicted molar refractivity (Wildman–Crippen MR) is 126 cm³/mol. The van der Waals surface area contributed by atoms with Crippen LogP contribution in [-0.4, -0.2) is 34.9 Å². The zero-order valence-electron chi connectivity index (χ0n) is 18.3. The number of nitrogens with one attached hydrogen (secondary N) is 2. The molecule has 2 N–H and O–H groups in total. The highest BCUT2D eigenvalue weighted by atomic mass is 16.2. The lowest BCUT2D eigenvalue weighted by Gasteiger charge is -2.16. The van der Waals surface area contributed by atoms with E-state index in [-0.39, 0.29) is 24.2 Å². The van der Waals surface area contributed by atoms with E-state index in [9.17, 15) is 9.59 Å². The average molecular weight is 430 g/mol. The summed E-state index contributed by atoms with van der Waals surface area (Å²) in [5.41, 5.74) is 4.45. The molecule has 3 aromatic rings. The Morgan fingerprint density at radius 1 is 1.00 bits per heavy atom. The van der Waals surface area contributed by atoms with E-state index in [1.54, 1.807) is 4.90 Å². The van der Waals surface area contributed by atoms with Gasteiger partial charge in [-0.15, -0.1) is 0 Å². The first kappa shape index (κ1) is 21.5. The molecule has 2 heterocycles. The van der Waals surface area contributed by atoms with Gasteiger partial charge in [0.1, 0.15) is 5.82 Å². The summed E-state index contributed by atoms with van der Waals surface area (Å²) in [6, 6.07) is 19.0. The SMILES string of the molecule is Cc1cc(C)nc(CCNc2ccc(NC(=O)C3CC(=O)N(c4ccccc4)C3)cc2)n1. The van der Waals surface area contributed by atoms with Crippen molar-refractivity contribution in [1.82, 2.24) is 9.97 Å². The second-order valence-corrected chi connectivity index (χ2v) is 8.05. The van der Waals surface area contributed by atoms with Gasteiger partial charge in [-0.3, -0.25) is 9.59 Å². The summed E-state index contributed by atoms with van der Waals surface area (Å²) in [4.78, 5) is 35.6. The zero-order chi connectivity index (χ0) is 22.5. The maximum Gasteiger partial charge on any atom is 0.229 e. The van der Waals surface area contributed by atoms with Crippen LogP contribution in [0.5, 0.6) is 0 Å². The fourth-order valence-corrected chi connectivity index (χ4v) is 3.89. The average Bonchev–Trinajstić information content (AvgIpc) is 3.17. The third kappa shape index (κ3) is 5.29. The van der Waals surface area contributed by atoms with Crippen LogP contribution >= 0.6 is 0 Å². The third-order valence-corrected chi connectivity index (χ3v) is 5.42. The minimum absolute atomic E-state index is 0.0244. The van der Waals surface area contributed by atoms with Crippen LogP contribution in [0.3, 0.4) is 0 Å². The number of carbonyl (C=O) groups is 2. The Balaban J connectivity index is 1.28. The maximum atomic E-state index is 12.7. The van der Waals surface area contributed by atoms with E-state index in [0.717, 1.165) is 35.0 Å². The topological polar surface area (TPSA) is 87.2 Å². The standard InChI is InChI=1S/C25H27N5O2/c1-17-14-18(2)28-23(27-17)12-13-26-20-8-10-21(11-9-20)29-25(32)19-15-24(31)30(16-19)22-6-4-3-5-7-22/h3-11,14,19,26H,12-13,15-16H2,1-2H3,(H,29,32). The number of hydrogen-bond donors (Lipinski definition) is 2. The summed E-state index contributed by atoms with van der Waals surface area (Å²) >= 11 is 0. The van der Waals surface area contributed by atoms with Crippen molar-refractivity contribution in [3.05, 3.63) is 77.9 Å². The number of aryl methyl sites for hydroxylation is 2.